The summed E-state index contributed by atoms with van der Waals surface area (Å²) in [5.74, 6) is -1.95. The Bertz CT molecular complexity index is 886. The Morgan fingerprint density at radius 3 is 2.30 bits per heavy atom. The number of esters is 1. The molecule has 11 heteroatoms. The first-order chi connectivity index (χ1) is 15.3. The summed E-state index contributed by atoms with van der Waals surface area (Å²) in [7, 11) is 1.21. The lowest BCUT2D eigenvalue weighted by atomic mass is 9.98. The fourth-order valence-corrected chi connectivity index (χ4v) is 2.59. The fraction of sp³-hybridized carbons (Fsp3) is 0.591. The van der Waals surface area contributed by atoms with E-state index in [1.54, 1.807) is 27.7 Å². The van der Waals surface area contributed by atoms with E-state index in [4.69, 9.17) is 9.15 Å². The van der Waals surface area contributed by atoms with E-state index in [0.717, 1.165) is 6.26 Å². The van der Waals surface area contributed by atoms with Gasteiger partial charge in [-0.3, -0.25) is 9.59 Å². The second-order valence-corrected chi connectivity index (χ2v) is 8.46. The van der Waals surface area contributed by atoms with Gasteiger partial charge in [-0.1, -0.05) is 26.3 Å². The molecule has 0 bridgehead atoms. The summed E-state index contributed by atoms with van der Waals surface area (Å²) in [6.45, 7) is 12.0. The van der Waals surface area contributed by atoms with Gasteiger partial charge < -0.3 is 29.8 Å². The number of carbonyl (C=O) groups is 4. The van der Waals surface area contributed by atoms with E-state index < -0.39 is 41.6 Å². The Balaban J connectivity index is 2.84. The van der Waals surface area contributed by atoms with E-state index in [9.17, 15) is 19.2 Å². The van der Waals surface area contributed by atoms with Crippen molar-refractivity contribution in [1.82, 2.24) is 20.9 Å². The molecule has 0 spiro atoms. The van der Waals surface area contributed by atoms with Crippen molar-refractivity contribution in [2.24, 2.45) is 5.92 Å². The molecule has 0 fully saturated rings. The fourth-order valence-electron chi connectivity index (χ4n) is 2.59. The first-order valence-corrected chi connectivity index (χ1v) is 10.6. The maximum atomic E-state index is 12.8. The van der Waals surface area contributed by atoms with Crippen molar-refractivity contribution in [1.29, 1.82) is 0 Å². The highest BCUT2D eigenvalue weighted by Gasteiger charge is 2.30. The Labute approximate surface area is 193 Å². The third-order valence-electron chi connectivity index (χ3n) is 4.60. The van der Waals surface area contributed by atoms with E-state index in [0.29, 0.717) is 6.42 Å². The molecule has 1 heterocycles. The van der Waals surface area contributed by atoms with Gasteiger partial charge in [-0.25, -0.2) is 14.6 Å². The van der Waals surface area contributed by atoms with Gasteiger partial charge in [-0.15, -0.1) is 0 Å². The van der Waals surface area contributed by atoms with E-state index >= 15 is 0 Å². The molecular formula is C22H34N4O7. The van der Waals surface area contributed by atoms with Crippen LogP contribution in [0.15, 0.2) is 16.8 Å². The number of nitrogens with zero attached hydrogens (tertiary/aromatic N) is 1. The van der Waals surface area contributed by atoms with Crippen molar-refractivity contribution in [2.75, 3.05) is 7.11 Å². The molecule has 3 amide bonds. The van der Waals surface area contributed by atoms with Crippen molar-refractivity contribution < 1.29 is 33.1 Å². The number of rotatable bonds is 9. The SMILES string of the molecule is C/C=C(\NC(=O)[C@H](C)NC(=O)[C@H](NC(=O)OC(C)(C)C)[C@@H](C)CC)c1nc(C(=O)OC)co1. The van der Waals surface area contributed by atoms with Crippen LogP contribution < -0.4 is 16.0 Å². The van der Waals surface area contributed by atoms with E-state index in [2.05, 4.69) is 25.7 Å². The number of ether oxygens (including phenoxy) is 2. The van der Waals surface area contributed by atoms with Crippen molar-refractivity contribution in [3.8, 4) is 0 Å². The summed E-state index contributed by atoms with van der Waals surface area (Å²) in [5, 5.41) is 7.78. The lowest BCUT2D eigenvalue weighted by molar-refractivity contribution is -0.129. The van der Waals surface area contributed by atoms with Gasteiger partial charge >= 0.3 is 12.1 Å². The summed E-state index contributed by atoms with van der Waals surface area (Å²) < 4.78 is 15.0. The van der Waals surface area contributed by atoms with Crippen molar-refractivity contribution >= 4 is 29.6 Å². The number of carbonyl (C=O) groups excluding carboxylic acids is 4. The molecule has 33 heavy (non-hydrogen) atoms. The normalized spacial score (nSPS) is 14.5. The third kappa shape index (κ3) is 8.59. The number of methoxy groups -OCH3 is 1. The van der Waals surface area contributed by atoms with Gasteiger partial charge in [-0.05, 0) is 40.5 Å². The van der Waals surface area contributed by atoms with Crippen LogP contribution in [-0.2, 0) is 19.1 Å². The first kappa shape index (κ1) is 27.7. The summed E-state index contributed by atoms with van der Waals surface area (Å²) in [5.41, 5.74) is -0.557. The van der Waals surface area contributed by atoms with Crippen LogP contribution in [0.4, 0.5) is 4.79 Å². The van der Waals surface area contributed by atoms with Crippen LogP contribution in [0.1, 0.15) is 71.3 Å². The largest absolute Gasteiger partial charge is 0.464 e. The second-order valence-electron chi connectivity index (χ2n) is 8.46. The number of aromatic nitrogens is 1. The number of nitrogens with one attached hydrogen (secondary N) is 3. The lowest BCUT2D eigenvalue weighted by Crippen LogP contribution is -2.55. The monoisotopic (exact) mass is 466 g/mol. The Kier molecular flexibility index (Phi) is 10.1. The molecule has 1 aromatic heterocycles. The Morgan fingerprint density at radius 2 is 1.79 bits per heavy atom. The summed E-state index contributed by atoms with van der Waals surface area (Å²) >= 11 is 0. The predicted molar refractivity (Wildman–Crippen MR) is 120 cm³/mol. The van der Waals surface area contributed by atoms with Gasteiger partial charge in [-0.2, -0.15) is 0 Å². The molecule has 1 rings (SSSR count). The standard InChI is InChI=1S/C22H34N4O7/c1-9-12(3)16(26-21(30)33-22(5,6)7)18(28)23-13(4)17(27)24-14(10-2)19-25-15(11-32-19)20(29)31-8/h10-13,16H,9H2,1-8H3,(H,23,28)(H,24,27)(H,26,30)/b14-10-/t12-,13-,16+/m0/s1. The summed E-state index contributed by atoms with van der Waals surface area (Å²) in [6, 6.07) is -1.84. The maximum Gasteiger partial charge on any atom is 0.408 e. The molecule has 0 aliphatic carbocycles. The van der Waals surface area contributed by atoms with Crippen molar-refractivity contribution in [3.63, 3.8) is 0 Å². The Hall–Kier alpha value is -3.37. The molecule has 0 saturated carbocycles. The quantitative estimate of drug-likeness (QED) is 0.470. The van der Waals surface area contributed by atoms with Gasteiger partial charge in [0.15, 0.2) is 5.69 Å². The average Bonchev–Trinajstić information content (AvgIpc) is 3.23. The predicted octanol–water partition coefficient (Wildman–Crippen LogP) is 2.38. The van der Waals surface area contributed by atoms with Crippen molar-refractivity contribution in [3.05, 3.63) is 23.9 Å². The van der Waals surface area contributed by atoms with Crippen LogP contribution in [0.25, 0.3) is 5.70 Å². The molecule has 0 saturated heterocycles. The number of allylic oxidation sites excluding steroid dienone is 1. The molecule has 184 valence electrons. The highest BCUT2D eigenvalue weighted by Crippen LogP contribution is 2.14. The molecule has 0 unspecified atom stereocenters. The molecule has 0 aliphatic heterocycles. The van der Waals surface area contributed by atoms with Crippen LogP contribution in [0.5, 0.6) is 0 Å². The van der Waals surface area contributed by atoms with Gasteiger partial charge in [0.05, 0.1) is 12.8 Å². The van der Waals surface area contributed by atoms with Gasteiger partial charge in [0, 0.05) is 0 Å². The van der Waals surface area contributed by atoms with E-state index in [-0.39, 0.29) is 23.2 Å². The topological polar surface area (TPSA) is 149 Å². The van der Waals surface area contributed by atoms with Gasteiger partial charge in [0.2, 0.25) is 17.7 Å². The number of alkyl carbamates (subject to hydrolysis) is 1. The zero-order chi connectivity index (χ0) is 25.3. The minimum absolute atomic E-state index is 0.00820. The van der Waals surface area contributed by atoms with Gasteiger partial charge in [0.1, 0.15) is 23.9 Å². The number of hydrogen-bond donors (Lipinski definition) is 3. The van der Waals surface area contributed by atoms with Crippen molar-refractivity contribution in [2.45, 2.75) is 72.6 Å². The number of hydrogen-bond acceptors (Lipinski definition) is 8. The molecule has 0 aromatic carbocycles. The zero-order valence-corrected chi connectivity index (χ0v) is 20.4. The van der Waals surface area contributed by atoms with E-state index in [1.807, 2.05) is 13.8 Å². The lowest BCUT2D eigenvalue weighted by Gasteiger charge is -2.27. The smallest absolute Gasteiger partial charge is 0.408 e. The second kappa shape index (κ2) is 12.0. The van der Waals surface area contributed by atoms with Crippen LogP contribution in [0.3, 0.4) is 0 Å². The number of oxazole rings is 1. The molecular weight excluding hydrogens is 432 g/mol. The van der Waals surface area contributed by atoms with Crippen LogP contribution in [0, 0.1) is 5.92 Å². The average molecular weight is 467 g/mol. The highest BCUT2D eigenvalue weighted by molar-refractivity contribution is 5.94. The minimum Gasteiger partial charge on any atom is -0.464 e. The molecule has 11 nitrogen and oxygen atoms in total. The minimum atomic E-state index is -0.950. The summed E-state index contributed by atoms with van der Waals surface area (Å²) in [4.78, 5) is 53.2. The maximum absolute atomic E-state index is 12.8. The van der Waals surface area contributed by atoms with Crippen LogP contribution >= 0.6 is 0 Å². The van der Waals surface area contributed by atoms with Crippen LogP contribution in [-0.4, -0.2) is 53.7 Å². The van der Waals surface area contributed by atoms with E-state index in [1.165, 1.54) is 20.1 Å². The summed E-state index contributed by atoms with van der Waals surface area (Å²) in [6.07, 6.45) is 2.54. The number of amides is 3. The zero-order valence-electron chi connectivity index (χ0n) is 20.4. The first-order valence-electron chi connectivity index (χ1n) is 10.6. The molecule has 0 radical (unpaired) electrons. The molecule has 3 N–H and O–H groups in total. The van der Waals surface area contributed by atoms with Crippen LogP contribution in [0.2, 0.25) is 0 Å². The Morgan fingerprint density at radius 1 is 1.15 bits per heavy atom. The third-order valence-corrected chi connectivity index (χ3v) is 4.60. The highest BCUT2D eigenvalue weighted by atomic mass is 16.6. The molecule has 0 aliphatic rings. The van der Waals surface area contributed by atoms with Gasteiger partial charge in [0.25, 0.3) is 0 Å². The molecule has 3 atom stereocenters. The molecule has 1 aromatic rings.